The number of hydrogen-bond acceptors (Lipinski definition) is 3. The molecule has 0 aliphatic carbocycles. The van der Waals surface area contributed by atoms with Crippen molar-refractivity contribution >= 4 is 34.2 Å². The van der Waals surface area contributed by atoms with Gasteiger partial charge in [0.25, 0.3) is 0 Å². The molecule has 1 atom stereocenters. The third-order valence-corrected chi connectivity index (χ3v) is 5.07. The Labute approximate surface area is 136 Å². The summed E-state index contributed by atoms with van der Waals surface area (Å²) in [4.78, 5) is 0. The van der Waals surface area contributed by atoms with E-state index < -0.39 is 0 Å². The lowest BCUT2D eigenvalue weighted by molar-refractivity contribution is 0.350. The summed E-state index contributed by atoms with van der Waals surface area (Å²) in [6, 6.07) is 12.0. The van der Waals surface area contributed by atoms with Crippen LogP contribution in [0.1, 0.15) is 22.7 Å². The Kier molecular flexibility index (Phi) is 4.16. The minimum Gasteiger partial charge on any atom is -0.493 e. The monoisotopic (exact) mass is 400 g/mol. The van der Waals surface area contributed by atoms with E-state index in [9.17, 15) is 0 Å². The van der Waals surface area contributed by atoms with Crippen LogP contribution in [0.4, 0.5) is 0 Å². The van der Waals surface area contributed by atoms with Crippen molar-refractivity contribution < 1.29 is 4.74 Å². The van der Waals surface area contributed by atoms with Crippen molar-refractivity contribution in [1.29, 1.82) is 0 Å². The fourth-order valence-corrected chi connectivity index (χ4v) is 3.05. The minimum absolute atomic E-state index is 0.127. The van der Waals surface area contributed by atoms with E-state index in [1.54, 1.807) is 0 Å². The van der Waals surface area contributed by atoms with E-state index in [0.29, 0.717) is 0 Å². The molecule has 1 aliphatic rings. The molecule has 0 amide bonds. The van der Waals surface area contributed by atoms with Gasteiger partial charge < -0.3 is 4.74 Å². The van der Waals surface area contributed by atoms with Crippen LogP contribution in [0.15, 0.2) is 36.4 Å². The molecule has 0 saturated heterocycles. The van der Waals surface area contributed by atoms with Crippen LogP contribution in [0.2, 0.25) is 5.02 Å². The zero-order chi connectivity index (χ0) is 14.1. The number of ether oxygens (including phenoxy) is 1. The Hall–Kier alpha value is -0.820. The number of nitrogens with two attached hydrogens (primary N) is 1. The largest absolute Gasteiger partial charge is 0.493 e. The van der Waals surface area contributed by atoms with Gasteiger partial charge in [-0.3, -0.25) is 5.84 Å². The maximum atomic E-state index is 6.21. The van der Waals surface area contributed by atoms with Gasteiger partial charge in [-0.15, -0.1) is 0 Å². The van der Waals surface area contributed by atoms with Crippen LogP contribution < -0.4 is 16.0 Å². The Bertz CT molecular complexity index is 648. The second kappa shape index (κ2) is 5.89. The molecule has 0 saturated carbocycles. The SMILES string of the molecule is NNC(c1ccc(I)c(Cl)c1)c1cccc2c1OCC2. The van der Waals surface area contributed by atoms with Crippen molar-refractivity contribution in [2.45, 2.75) is 12.5 Å². The van der Waals surface area contributed by atoms with Gasteiger partial charge in [0.2, 0.25) is 0 Å². The van der Waals surface area contributed by atoms with E-state index in [1.165, 1.54) is 5.56 Å². The molecule has 2 aromatic rings. The molecule has 1 heterocycles. The van der Waals surface area contributed by atoms with Crippen LogP contribution in [0.3, 0.4) is 0 Å². The van der Waals surface area contributed by atoms with Crippen molar-refractivity contribution in [3.05, 3.63) is 61.7 Å². The first kappa shape index (κ1) is 14.1. The number of nitrogens with one attached hydrogen (secondary N) is 1. The first-order chi connectivity index (χ1) is 9.70. The number of rotatable bonds is 3. The molecule has 1 aliphatic heterocycles. The number of hydrogen-bond donors (Lipinski definition) is 2. The molecule has 0 aromatic heterocycles. The molecule has 0 spiro atoms. The summed E-state index contributed by atoms with van der Waals surface area (Å²) in [6.07, 6.45) is 0.952. The van der Waals surface area contributed by atoms with Crippen LogP contribution in [-0.4, -0.2) is 6.61 Å². The molecule has 3 N–H and O–H groups in total. The van der Waals surface area contributed by atoms with E-state index in [-0.39, 0.29) is 6.04 Å². The molecule has 1 unspecified atom stereocenters. The Morgan fingerprint density at radius 3 is 2.90 bits per heavy atom. The van der Waals surface area contributed by atoms with Crippen molar-refractivity contribution in [2.24, 2.45) is 5.84 Å². The van der Waals surface area contributed by atoms with Crippen molar-refractivity contribution in [3.63, 3.8) is 0 Å². The highest BCUT2D eigenvalue weighted by Gasteiger charge is 2.23. The lowest BCUT2D eigenvalue weighted by Gasteiger charge is -2.20. The van der Waals surface area contributed by atoms with Crippen molar-refractivity contribution in [2.75, 3.05) is 6.61 Å². The maximum absolute atomic E-state index is 6.21. The minimum atomic E-state index is -0.127. The first-order valence-corrected chi connectivity index (χ1v) is 7.82. The number of benzene rings is 2. The summed E-state index contributed by atoms with van der Waals surface area (Å²) in [5.74, 6) is 6.72. The van der Waals surface area contributed by atoms with Gasteiger partial charge in [0.1, 0.15) is 5.75 Å². The van der Waals surface area contributed by atoms with Crippen LogP contribution in [-0.2, 0) is 6.42 Å². The summed E-state index contributed by atoms with van der Waals surface area (Å²) in [5, 5.41) is 0.733. The maximum Gasteiger partial charge on any atom is 0.127 e. The van der Waals surface area contributed by atoms with Gasteiger partial charge in [0, 0.05) is 15.6 Å². The van der Waals surface area contributed by atoms with Gasteiger partial charge in [-0.25, -0.2) is 5.43 Å². The summed E-state index contributed by atoms with van der Waals surface area (Å²) in [5.41, 5.74) is 6.19. The van der Waals surface area contributed by atoms with E-state index >= 15 is 0 Å². The van der Waals surface area contributed by atoms with Crippen LogP contribution >= 0.6 is 34.2 Å². The highest BCUT2D eigenvalue weighted by atomic mass is 127. The molecule has 5 heteroatoms. The topological polar surface area (TPSA) is 47.3 Å². The zero-order valence-corrected chi connectivity index (χ0v) is 13.6. The fourth-order valence-electron chi connectivity index (χ4n) is 2.53. The van der Waals surface area contributed by atoms with Gasteiger partial charge in [-0.05, 0) is 45.9 Å². The summed E-state index contributed by atoms with van der Waals surface area (Å²) in [6.45, 7) is 0.733. The molecule has 3 rings (SSSR count). The van der Waals surface area contributed by atoms with Gasteiger partial charge >= 0.3 is 0 Å². The average molecular weight is 401 g/mol. The standard InChI is InChI=1S/C15H14ClIN2O/c16-12-8-10(4-5-13(12)17)14(19-18)11-3-1-2-9-6-7-20-15(9)11/h1-5,8,14,19H,6-7,18H2. The van der Waals surface area contributed by atoms with Crippen LogP contribution in [0.25, 0.3) is 0 Å². The summed E-state index contributed by atoms with van der Waals surface area (Å²) < 4.78 is 6.78. The van der Waals surface area contributed by atoms with E-state index in [1.807, 2.05) is 30.3 Å². The quantitative estimate of drug-likeness (QED) is 0.471. The smallest absolute Gasteiger partial charge is 0.127 e. The Morgan fingerprint density at radius 2 is 2.15 bits per heavy atom. The van der Waals surface area contributed by atoms with Gasteiger partial charge in [0.15, 0.2) is 0 Å². The highest BCUT2D eigenvalue weighted by molar-refractivity contribution is 14.1. The molecule has 0 fully saturated rings. The zero-order valence-electron chi connectivity index (χ0n) is 10.7. The number of fused-ring (bicyclic) bond motifs is 1. The van der Waals surface area contributed by atoms with Gasteiger partial charge in [-0.2, -0.15) is 0 Å². The summed E-state index contributed by atoms with van der Waals surface area (Å²) >= 11 is 8.42. The van der Waals surface area contributed by atoms with Crippen molar-refractivity contribution in [1.82, 2.24) is 5.43 Å². The third-order valence-electron chi connectivity index (χ3n) is 3.50. The molecule has 104 valence electrons. The van der Waals surface area contributed by atoms with E-state index in [4.69, 9.17) is 22.2 Å². The third kappa shape index (κ3) is 2.53. The number of halogens is 2. The second-order valence-corrected chi connectivity index (χ2v) is 6.28. The molecule has 20 heavy (non-hydrogen) atoms. The van der Waals surface area contributed by atoms with E-state index in [2.05, 4.69) is 34.1 Å². The number of hydrazine groups is 1. The van der Waals surface area contributed by atoms with Gasteiger partial charge in [0.05, 0.1) is 17.7 Å². The molecular formula is C15H14ClIN2O. The highest BCUT2D eigenvalue weighted by Crippen LogP contribution is 2.36. The molecule has 0 bridgehead atoms. The van der Waals surface area contributed by atoms with Crippen LogP contribution in [0, 0.1) is 3.57 Å². The lowest BCUT2D eigenvalue weighted by atomic mass is 9.96. The normalized spacial score (nSPS) is 14.8. The Balaban J connectivity index is 2.06. The summed E-state index contributed by atoms with van der Waals surface area (Å²) in [7, 11) is 0. The fraction of sp³-hybridized carbons (Fsp3) is 0.200. The van der Waals surface area contributed by atoms with Gasteiger partial charge in [-0.1, -0.05) is 35.9 Å². The Morgan fingerprint density at radius 1 is 1.30 bits per heavy atom. The average Bonchev–Trinajstić information content (AvgIpc) is 2.93. The number of para-hydroxylation sites is 1. The lowest BCUT2D eigenvalue weighted by Crippen LogP contribution is -2.29. The first-order valence-electron chi connectivity index (χ1n) is 6.36. The molecule has 2 aromatic carbocycles. The van der Waals surface area contributed by atoms with Crippen LogP contribution in [0.5, 0.6) is 5.75 Å². The predicted octanol–water partition coefficient (Wildman–Crippen LogP) is 3.43. The van der Waals surface area contributed by atoms with Crippen molar-refractivity contribution in [3.8, 4) is 5.75 Å². The molecule has 3 nitrogen and oxygen atoms in total. The molecular weight excluding hydrogens is 387 g/mol. The molecule has 0 radical (unpaired) electrons. The second-order valence-electron chi connectivity index (χ2n) is 4.71. The predicted molar refractivity (Wildman–Crippen MR) is 89.0 cm³/mol. The van der Waals surface area contributed by atoms with E-state index in [0.717, 1.165) is 38.5 Å².